The fraction of sp³-hybridized carbons (Fsp3) is 0.450. The predicted molar refractivity (Wildman–Crippen MR) is 101 cm³/mol. The Kier molecular flexibility index (Phi) is 5.96. The summed E-state index contributed by atoms with van der Waals surface area (Å²) < 4.78 is 20.8. The molecule has 0 bridgehead atoms. The number of carbonyl (C=O) groups excluding carboxylic acids is 2. The van der Waals surface area contributed by atoms with E-state index in [2.05, 4.69) is 5.10 Å². The Labute approximate surface area is 163 Å². The lowest BCUT2D eigenvalue weighted by atomic mass is 9.90. The number of benzene rings is 1. The van der Waals surface area contributed by atoms with Crippen molar-refractivity contribution in [3.63, 3.8) is 0 Å². The van der Waals surface area contributed by atoms with Gasteiger partial charge in [0.05, 0.1) is 11.3 Å². The summed E-state index contributed by atoms with van der Waals surface area (Å²) in [5.41, 5.74) is 6.67. The monoisotopic (exact) mass is 388 g/mol. The number of halogens is 1. The summed E-state index contributed by atoms with van der Waals surface area (Å²) in [5.74, 6) is -0.596. The molecule has 8 heteroatoms. The van der Waals surface area contributed by atoms with E-state index in [0.29, 0.717) is 43.1 Å². The maximum Gasteiger partial charge on any atom is 0.257 e. The van der Waals surface area contributed by atoms with Crippen LogP contribution in [0.1, 0.15) is 35.8 Å². The molecule has 2 N–H and O–H groups in total. The first-order valence-electron chi connectivity index (χ1n) is 9.41. The average molecular weight is 388 g/mol. The molecule has 150 valence electrons. The van der Waals surface area contributed by atoms with Gasteiger partial charge in [-0.25, -0.2) is 4.39 Å². The van der Waals surface area contributed by atoms with E-state index in [1.54, 1.807) is 27.9 Å². The van der Waals surface area contributed by atoms with Crippen LogP contribution in [0, 0.1) is 18.7 Å². The molecule has 0 saturated carbocycles. The maximum absolute atomic E-state index is 13.1. The predicted octanol–water partition coefficient (Wildman–Crippen LogP) is 2.14. The van der Waals surface area contributed by atoms with Crippen molar-refractivity contribution in [1.29, 1.82) is 0 Å². The molecule has 0 aliphatic carbocycles. The molecule has 2 amide bonds. The van der Waals surface area contributed by atoms with Crippen molar-refractivity contribution in [1.82, 2.24) is 14.7 Å². The van der Waals surface area contributed by atoms with Crippen molar-refractivity contribution in [2.75, 3.05) is 13.1 Å². The smallest absolute Gasteiger partial charge is 0.257 e. The van der Waals surface area contributed by atoms with E-state index in [1.165, 1.54) is 12.1 Å². The zero-order chi connectivity index (χ0) is 20.3. The number of amides is 2. The van der Waals surface area contributed by atoms with Gasteiger partial charge in [-0.05, 0) is 38.1 Å². The SMILES string of the molecule is CCn1cc(C(=O)N2CC[C@H](Oc3ccc(F)cc3)[C@@H](CC(N)=O)C2)c(C)n1. The van der Waals surface area contributed by atoms with Crippen LogP contribution in [0.15, 0.2) is 30.5 Å². The first kappa shape index (κ1) is 19.9. The highest BCUT2D eigenvalue weighted by atomic mass is 19.1. The lowest BCUT2D eigenvalue weighted by molar-refractivity contribution is -0.120. The van der Waals surface area contributed by atoms with Gasteiger partial charge < -0.3 is 15.4 Å². The molecule has 1 aliphatic rings. The summed E-state index contributed by atoms with van der Waals surface area (Å²) in [6.07, 6.45) is 2.15. The Morgan fingerprint density at radius 2 is 2.04 bits per heavy atom. The van der Waals surface area contributed by atoms with E-state index < -0.39 is 5.91 Å². The first-order valence-corrected chi connectivity index (χ1v) is 9.41. The van der Waals surface area contributed by atoms with Crippen molar-refractivity contribution in [3.8, 4) is 5.75 Å². The number of carbonyl (C=O) groups is 2. The lowest BCUT2D eigenvalue weighted by Crippen LogP contribution is -2.49. The van der Waals surface area contributed by atoms with Crippen LogP contribution in [-0.4, -0.2) is 45.7 Å². The average Bonchev–Trinajstić information content (AvgIpc) is 3.04. The molecule has 1 saturated heterocycles. The van der Waals surface area contributed by atoms with Crippen LogP contribution in [0.25, 0.3) is 0 Å². The third kappa shape index (κ3) is 4.49. The topological polar surface area (TPSA) is 90.5 Å². The number of nitrogens with two attached hydrogens (primary N) is 1. The van der Waals surface area contributed by atoms with E-state index in [-0.39, 0.29) is 30.2 Å². The Morgan fingerprint density at radius 3 is 2.64 bits per heavy atom. The number of nitrogens with zero attached hydrogens (tertiary/aromatic N) is 3. The van der Waals surface area contributed by atoms with E-state index >= 15 is 0 Å². The highest BCUT2D eigenvalue weighted by Crippen LogP contribution is 2.27. The molecule has 1 aromatic carbocycles. The van der Waals surface area contributed by atoms with E-state index in [1.807, 2.05) is 13.8 Å². The summed E-state index contributed by atoms with van der Waals surface area (Å²) in [6, 6.07) is 5.75. The van der Waals surface area contributed by atoms with Gasteiger partial charge in [0.2, 0.25) is 5.91 Å². The number of aryl methyl sites for hydroxylation is 2. The van der Waals surface area contributed by atoms with Gasteiger partial charge in [0.15, 0.2) is 0 Å². The molecule has 1 fully saturated rings. The Hall–Kier alpha value is -2.90. The van der Waals surface area contributed by atoms with Gasteiger partial charge >= 0.3 is 0 Å². The number of hydrogen-bond acceptors (Lipinski definition) is 4. The number of rotatable bonds is 6. The molecule has 28 heavy (non-hydrogen) atoms. The minimum atomic E-state index is -0.443. The number of likely N-dealkylation sites (tertiary alicyclic amines) is 1. The number of primary amides is 1. The summed E-state index contributed by atoms with van der Waals surface area (Å²) in [5, 5.41) is 4.33. The van der Waals surface area contributed by atoms with Crippen LogP contribution in [0.5, 0.6) is 5.75 Å². The zero-order valence-corrected chi connectivity index (χ0v) is 16.1. The summed E-state index contributed by atoms with van der Waals surface area (Å²) in [4.78, 5) is 26.2. The third-order valence-electron chi connectivity index (χ3n) is 5.02. The van der Waals surface area contributed by atoms with Crippen molar-refractivity contribution >= 4 is 11.8 Å². The fourth-order valence-corrected chi connectivity index (χ4v) is 3.55. The number of aromatic nitrogens is 2. The maximum atomic E-state index is 13.1. The van der Waals surface area contributed by atoms with Crippen molar-refractivity contribution < 1.29 is 18.7 Å². The van der Waals surface area contributed by atoms with Gasteiger partial charge in [0.25, 0.3) is 5.91 Å². The quantitative estimate of drug-likeness (QED) is 0.821. The number of piperidine rings is 1. The highest BCUT2D eigenvalue weighted by Gasteiger charge is 2.35. The highest BCUT2D eigenvalue weighted by molar-refractivity contribution is 5.95. The second-order valence-corrected chi connectivity index (χ2v) is 7.06. The Bertz CT molecular complexity index is 850. The summed E-state index contributed by atoms with van der Waals surface area (Å²) >= 11 is 0. The normalized spacial score (nSPS) is 19.5. The second-order valence-electron chi connectivity index (χ2n) is 7.06. The molecular formula is C20H25FN4O3. The molecular weight excluding hydrogens is 363 g/mol. The van der Waals surface area contributed by atoms with Crippen LogP contribution in [0.2, 0.25) is 0 Å². The second kappa shape index (κ2) is 8.41. The Balaban J connectivity index is 1.73. The summed E-state index contributed by atoms with van der Waals surface area (Å²) in [7, 11) is 0. The van der Waals surface area contributed by atoms with Gasteiger partial charge in [-0.15, -0.1) is 0 Å². The lowest BCUT2D eigenvalue weighted by Gasteiger charge is -2.38. The van der Waals surface area contributed by atoms with E-state index in [9.17, 15) is 14.0 Å². The van der Waals surface area contributed by atoms with Gasteiger partial charge in [0.1, 0.15) is 17.7 Å². The van der Waals surface area contributed by atoms with Crippen LogP contribution in [0.3, 0.4) is 0 Å². The zero-order valence-electron chi connectivity index (χ0n) is 16.1. The van der Waals surface area contributed by atoms with Crippen molar-refractivity contribution in [2.45, 2.75) is 39.3 Å². The molecule has 3 rings (SSSR count). The minimum absolute atomic E-state index is 0.105. The van der Waals surface area contributed by atoms with E-state index in [0.717, 1.165) is 0 Å². The molecule has 2 atom stereocenters. The first-order chi connectivity index (χ1) is 13.4. The van der Waals surface area contributed by atoms with Crippen LogP contribution in [0.4, 0.5) is 4.39 Å². The molecule has 2 aromatic rings. The van der Waals surface area contributed by atoms with Gasteiger partial charge in [0, 0.05) is 44.6 Å². The van der Waals surface area contributed by atoms with Gasteiger partial charge in [-0.1, -0.05) is 0 Å². The summed E-state index contributed by atoms with van der Waals surface area (Å²) in [6.45, 7) is 5.32. The van der Waals surface area contributed by atoms with Crippen LogP contribution in [-0.2, 0) is 11.3 Å². The third-order valence-corrected chi connectivity index (χ3v) is 5.02. The molecule has 1 aromatic heterocycles. The molecule has 2 heterocycles. The van der Waals surface area contributed by atoms with Crippen LogP contribution >= 0.6 is 0 Å². The number of ether oxygens (including phenoxy) is 1. The molecule has 0 radical (unpaired) electrons. The largest absolute Gasteiger partial charge is 0.490 e. The Morgan fingerprint density at radius 1 is 1.32 bits per heavy atom. The van der Waals surface area contributed by atoms with Gasteiger partial charge in [-0.3, -0.25) is 14.3 Å². The van der Waals surface area contributed by atoms with Crippen molar-refractivity contribution in [3.05, 3.63) is 47.5 Å². The molecule has 1 aliphatic heterocycles. The van der Waals surface area contributed by atoms with E-state index in [4.69, 9.17) is 10.5 Å². The standard InChI is InChI=1S/C20H25FN4O3/c1-3-25-12-17(13(2)23-25)20(27)24-9-8-18(14(11-24)10-19(22)26)28-16-6-4-15(21)5-7-16/h4-7,12,14,18H,3,8-11H2,1-2H3,(H2,22,26)/t14-,18-/m0/s1. The molecule has 7 nitrogen and oxygen atoms in total. The van der Waals surface area contributed by atoms with Crippen LogP contribution < -0.4 is 10.5 Å². The van der Waals surface area contributed by atoms with Gasteiger partial charge in [-0.2, -0.15) is 5.10 Å². The number of hydrogen-bond donors (Lipinski definition) is 1. The van der Waals surface area contributed by atoms with Crippen molar-refractivity contribution in [2.24, 2.45) is 11.7 Å². The minimum Gasteiger partial charge on any atom is -0.490 e. The fourth-order valence-electron chi connectivity index (χ4n) is 3.55. The molecule has 0 spiro atoms. The molecule has 0 unspecified atom stereocenters.